The molecule has 2 nitrogen and oxygen atoms in total. The van der Waals surface area contributed by atoms with Crippen molar-refractivity contribution >= 4 is 11.8 Å². The van der Waals surface area contributed by atoms with Crippen molar-refractivity contribution in [3.63, 3.8) is 0 Å². The summed E-state index contributed by atoms with van der Waals surface area (Å²) in [5.41, 5.74) is 9.50. The zero-order chi connectivity index (χ0) is 11.3. The maximum Gasteiger partial charge on any atom is 0.0363 e. The van der Waals surface area contributed by atoms with E-state index in [4.69, 9.17) is 5.73 Å². The van der Waals surface area contributed by atoms with Crippen molar-refractivity contribution in [3.05, 3.63) is 53.9 Å². The molecular formula is C13H16N2. The molecule has 0 saturated heterocycles. The van der Waals surface area contributed by atoms with E-state index in [1.807, 2.05) is 31.2 Å². The second-order valence-corrected chi connectivity index (χ2v) is 3.48. The van der Waals surface area contributed by atoms with Crippen LogP contribution in [-0.2, 0) is 0 Å². The molecule has 0 bridgehead atoms. The molecule has 0 heterocycles. The molecule has 1 aromatic rings. The highest BCUT2D eigenvalue weighted by atomic mass is 14.7. The van der Waals surface area contributed by atoms with Crippen molar-refractivity contribution in [2.45, 2.75) is 13.8 Å². The molecule has 0 aliphatic carbocycles. The van der Waals surface area contributed by atoms with Gasteiger partial charge in [0.05, 0.1) is 0 Å². The first-order valence-corrected chi connectivity index (χ1v) is 4.82. The molecule has 2 N–H and O–H groups in total. The van der Waals surface area contributed by atoms with E-state index in [0.717, 1.165) is 16.8 Å². The molecule has 1 aromatic carbocycles. The zero-order valence-electron chi connectivity index (χ0n) is 9.20. The molecule has 0 atom stereocenters. The Morgan fingerprint density at radius 1 is 1.33 bits per heavy atom. The highest BCUT2D eigenvalue weighted by Gasteiger charge is 1.96. The van der Waals surface area contributed by atoms with Gasteiger partial charge >= 0.3 is 0 Å². The van der Waals surface area contributed by atoms with E-state index in [2.05, 4.69) is 18.5 Å². The van der Waals surface area contributed by atoms with Gasteiger partial charge in [0.15, 0.2) is 0 Å². The van der Waals surface area contributed by atoms with Gasteiger partial charge in [-0.2, -0.15) is 0 Å². The number of nitrogens with zero attached hydrogens (tertiary/aromatic N) is 1. The third-order valence-electron chi connectivity index (χ3n) is 1.99. The molecule has 0 aliphatic heterocycles. The number of allylic oxidation sites excluding steroid dienone is 2. The van der Waals surface area contributed by atoms with Crippen LogP contribution in [0.4, 0.5) is 0 Å². The Morgan fingerprint density at radius 3 is 2.40 bits per heavy atom. The van der Waals surface area contributed by atoms with E-state index < -0.39 is 0 Å². The molecule has 0 radical (unpaired) electrons. The Morgan fingerprint density at radius 2 is 1.93 bits per heavy atom. The number of nitrogens with two attached hydrogens (primary N) is 1. The van der Waals surface area contributed by atoms with E-state index in [0.29, 0.717) is 0 Å². The van der Waals surface area contributed by atoms with Gasteiger partial charge in [-0.3, -0.25) is 4.99 Å². The average molecular weight is 200 g/mol. The van der Waals surface area contributed by atoms with Crippen LogP contribution < -0.4 is 5.73 Å². The predicted molar refractivity (Wildman–Crippen MR) is 66.6 cm³/mol. The smallest absolute Gasteiger partial charge is 0.0363 e. The van der Waals surface area contributed by atoms with Gasteiger partial charge in [-0.25, -0.2) is 0 Å². The van der Waals surface area contributed by atoms with Crippen LogP contribution in [0.15, 0.2) is 47.7 Å². The van der Waals surface area contributed by atoms with Crippen LogP contribution in [-0.4, -0.2) is 6.21 Å². The third kappa shape index (κ3) is 3.43. The third-order valence-corrected chi connectivity index (χ3v) is 1.99. The van der Waals surface area contributed by atoms with Gasteiger partial charge in [-0.05, 0) is 19.4 Å². The Balaban J connectivity index is 2.94. The van der Waals surface area contributed by atoms with Crippen molar-refractivity contribution in [2.24, 2.45) is 10.7 Å². The van der Waals surface area contributed by atoms with Crippen molar-refractivity contribution in [3.8, 4) is 0 Å². The number of aryl methyl sites for hydroxylation is 1. The molecule has 0 fully saturated rings. The summed E-state index contributed by atoms with van der Waals surface area (Å²) in [5, 5.41) is 0. The van der Waals surface area contributed by atoms with Crippen molar-refractivity contribution < 1.29 is 0 Å². The lowest BCUT2D eigenvalue weighted by atomic mass is 10.1. The lowest BCUT2D eigenvalue weighted by molar-refractivity contribution is 1.34. The van der Waals surface area contributed by atoms with E-state index in [1.54, 1.807) is 12.4 Å². The second-order valence-electron chi connectivity index (χ2n) is 3.48. The summed E-state index contributed by atoms with van der Waals surface area (Å²) in [5.74, 6) is 0. The van der Waals surface area contributed by atoms with Gasteiger partial charge in [0.2, 0.25) is 0 Å². The second kappa shape index (κ2) is 5.15. The largest absolute Gasteiger partial charge is 0.404 e. The molecule has 0 amide bonds. The fourth-order valence-corrected chi connectivity index (χ4v) is 1.14. The minimum Gasteiger partial charge on any atom is -0.404 e. The Labute approximate surface area is 90.8 Å². The first kappa shape index (κ1) is 11.2. The lowest BCUT2D eigenvalue weighted by Crippen LogP contribution is -1.91. The topological polar surface area (TPSA) is 38.4 Å². The Bertz CT molecular complexity index is 397. The quantitative estimate of drug-likeness (QED) is 0.748. The number of hydrogen-bond acceptors (Lipinski definition) is 2. The van der Waals surface area contributed by atoms with Crippen LogP contribution in [0, 0.1) is 6.92 Å². The van der Waals surface area contributed by atoms with Gasteiger partial charge in [0.25, 0.3) is 0 Å². The number of benzene rings is 1. The molecule has 0 unspecified atom stereocenters. The predicted octanol–water partition coefficient (Wildman–Crippen LogP) is 2.90. The molecule has 0 aromatic heterocycles. The maximum absolute atomic E-state index is 5.55. The van der Waals surface area contributed by atoms with E-state index in [9.17, 15) is 0 Å². The van der Waals surface area contributed by atoms with Crippen molar-refractivity contribution in [2.75, 3.05) is 0 Å². The van der Waals surface area contributed by atoms with Crippen LogP contribution in [0.25, 0.3) is 5.57 Å². The number of hydrogen-bond donors (Lipinski definition) is 1. The Hall–Kier alpha value is -1.83. The maximum atomic E-state index is 5.55. The van der Waals surface area contributed by atoms with Gasteiger partial charge in [-0.1, -0.05) is 36.4 Å². The molecule has 15 heavy (non-hydrogen) atoms. The number of aliphatic imine (C=N–C) groups is 1. The van der Waals surface area contributed by atoms with Crippen LogP contribution in [0.2, 0.25) is 0 Å². The monoisotopic (exact) mass is 200 g/mol. The highest BCUT2D eigenvalue weighted by Crippen LogP contribution is 2.12. The first-order valence-electron chi connectivity index (χ1n) is 4.82. The Kier molecular flexibility index (Phi) is 3.86. The van der Waals surface area contributed by atoms with Crippen LogP contribution in [0.1, 0.15) is 18.1 Å². The van der Waals surface area contributed by atoms with Crippen LogP contribution >= 0.6 is 0 Å². The molecule has 0 aliphatic rings. The standard InChI is InChI=1S/C13H16N2/c1-10(2)15-9-13(8-14)12-6-4-11(3)5-7-12/h4-9H,1,14H2,2-3H3/b13-8+,15-9-. The van der Waals surface area contributed by atoms with Gasteiger partial charge in [0.1, 0.15) is 0 Å². The summed E-state index contributed by atoms with van der Waals surface area (Å²) in [6, 6.07) is 8.15. The fraction of sp³-hybridized carbons (Fsp3) is 0.154. The van der Waals surface area contributed by atoms with Crippen molar-refractivity contribution in [1.29, 1.82) is 0 Å². The van der Waals surface area contributed by atoms with Gasteiger partial charge in [-0.15, -0.1) is 0 Å². The van der Waals surface area contributed by atoms with Crippen LogP contribution in [0.3, 0.4) is 0 Å². The molecule has 78 valence electrons. The number of rotatable bonds is 3. The normalized spacial score (nSPS) is 12.0. The van der Waals surface area contributed by atoms with Gasteiger partial charge < -0.3 is 5.73 Å². The molecule has 0 saturated carbocycles. The SMILES string of the molecule is C=C(C)/N=C\C(=C/N)c1ccc(C)cc1. The van der Waals surface area contributed by atoms with E-state index in [-0.39, 0.29) is 0 Å². The first-order chi connectivity index (χ1) is 7.13. The average Bonchev–Trinajstić information content (AvgIpc) is 2.21. The molecule has 1 rings (SSSR count). The zero-order valence-corrected chi connectivity index (χ0v) is 9.20. The minimum atomic E-state index is 0.765. The summed E-state index contributed by atoms with van der Waals surface area (Å²) in [4.78, 5) is 4.13. The van der Waals surface area contributed by atoms with Crippen molar-refractivity contribution in [1.82, 2.24) is 0 Å². The fourth-order valence-electron chi connectivity index (χ4n) is 1.14. The van der Waals surface area contributed by atoms with E-state index in [1.165, 1.54) is 5.56 Å². The molecular weight excluding hydrogens is 184 g/mol. The minimum absolute atomic E-state index is 0.765. The van der Waals surface area contributed by atoms with E-state index >= 15 is 0 Å². The van der Waals surface area contributed by atoms with Gasteiger partial charge in [0, 0.05) is 23.7 Å². The molecule has 2 heteroatoms. The summed E-state index contributed by atoms with van der Waals surface area (Å²) < 4.78 is 0. The highest BCUT2D eigenvalue weighted by molar-refractivity contribution is 6.09. The summed E-state index contributed by atoms with van der Waals surface area (Å²) >= 11 is 0. The summed E-state index contributed by atoms with van der Waals surface area (Å²) in [6.07, 6.45) is 3.28. The summed E-state index contributed by atoms with van der Waals surface area (Å²) in [6.45, 7) is 7.60. The molecule has 0 spiro atoms. The summed E-state index contributed by atoms with van der Waals surface area (Å²) in [7, 11) is 0. The van der Waals surface area contributed by atoms with Crippen LogP contribution in [0.5, 0.6) is 0 Å². The lowest BCUT2D eigenvalue weighted by Gasteiger charge is -2.01.